The Bertz CT molecular complexity index is 273. The normalized spacial score (nSPS) is 12.9. The fraction of sp³-hybridized carbons (Fsp3) is 0.250. The fourth-order valence-electron chi connectivity index (χ4n) is 0.874. The second-order valence-corrected chi connectivity index (χ2v) is 3.62. The van der Waals surface area contributed by atoms with Crippen molar-refractivity contribution in [3.63, 3.8) is 0 Å². The summed E-state index contributed by atoms with van der Waals surface area (Å²) in [4.78, 5) is 0.856. The lowest BCUT2D eigenvalue weighted by molar-refractivity contribution is 0.677. The zero-order valence-electron chi connectivity index (χ0n) is 6.63. The third kappa shape index (κ3) is 1.88. The standard InChI is InChI=1S/C8H11NOS/c1-7-5-3-4-6-8(7)11(10)9-2/h3-6,9H,1-2H3. The number of hydrogen-bond acceptors (Lipinski definition) is 1. The van der Waals surface area contributed by atoms with E-state index >= 15 is 0 Å². The first kappa shape index (κ1) is 8.43. The monoisotopic (exact) mass is 169 g/mol. The van der Waals surface area contributed by atoms with Crippen LogP contribution in [0.25, 0.3) is 0 Å². The Kier molecular flexibility index (Phi) is 2.79. The van der Waals surface area contributed by atoms with Crippen molar-refractivity contribution in [1.29, 1.82) is 0 Å². The highest BCUT2D eigenvalue weighted by Gasteiger charge is 2.01. The largest absolute Gasteiger partial charge is 0.238 e. The van der Waals surface area contributed by atoms with Crippen LogP contribution >= 0.6 is 0 Å². The molecule has 0 amide bonds. The summed E-state index contributed by atoms with van der Waals surface area (Å²) >= 11 is 0. The Labute approximate surface area is 69.2 Å². The number of aryl methyl sites for hydroxylation is 1. The summed E-state index contributed by atoms with van der Waals surface area (Å²) in [5.41, 5.74) is 1.06. The number of nitrogens with one attached hydrogen (secondary N) is 1. The van der Waals surface area contributed by atoms with E-state index in [0.717, 1.165) is 10.5 Å². The van der Waals surface area contributed by atoms with Gasteiger partial charge in [-0.1, -0.05) is 18.2 Å². The van der Waals surface area contributed by atoms with Gasteiger partial charge in [0, 0.05) is 0 Å². The third-order valence-corrected chi connectivity index (χ3v) is 2.71. The summed E-state index contributed by atoms with van der Waals surface area (Å²) < 4.78 is 13.9. The molecule has 2 nitrogen and oxygen atoms in total. The average Bonchev–Trinajstić information content (AvgIpc) is 2.04. The van der Waals surface area contributed by atoms with Gasteiger partial charge in [0.15, 0.2) is 0 Å². The predicted molar refractivity (Wildman–Crippen MR) is 46.6 cm³/mol. The van der Waals surface area contributed by atoms with E-state index in [-0.39, 0.29) is 0 Å². The summed E-state index contributed by atoms with van der Waals surface area (Å²) in [5, 5.41) is 0. The van der Waals surface area contributed by atoms with Crippen molar-refractivity contribution < 1.29 is 4.21 Å². The molecule has 0 aliphatic carbocycles. The SMILES string of the molecule is CNS(=O)c1ccccc1C. The second-order valence-electron chi connectivity index (χ2n) is 2.24. The van der Waals surface area contributed by atoms with E-state index in [9.17, 15) is 4.21 Å². The van der Waals surface area contributed by atoms with E-state index in [1.807, 2.05) is 31.2 Å². The van der Waals surface area contributed by atoms with Gasteiger partial charge in [-0.15, -0.1) is 0 Å². The van der Waals surface area contributed by atoms with Crippen LogP contribution in [-0.4, -0.2) is 11.3 Å². The van der Waals surface area contributed by atoms with Crippen LogP contribution in [0.2, 0.25) is 0 Å². The molecule has 1 unspecified atom stereocenters. The Morgan fingerprint density at radius 2 is 2.00 bits per heavy atom. The maximum absolute atomic E-state index is 11.2. The molecular formula is C8H11NOS. The van der Waals surface area contributed by atoms with Gasteiger partial charge < -0.3 is 0 Å². The van der Waals surface area contributed by atoms with Gasteiger partial charge in [-0.3, -0.25) is 0 Å². The van der Waals surface area contributed by atoms with Crippen LogP contribution in [0.15, 0.2) is 29.2 Å². The van der Waals surface area contributed by atoms with Crippen LogP contribution in [0, 0.1) is 6.92 Å². The predicted octanol–water partition coefficient (Wildman–Crippen LogP) is 1.24. The van der Waals surface area contributed by atoms with Crippen molar-refractivity contribution in [3.05, 3.63) is 29.8 Å². The molecule has 0 radical (unpaired) electrons. The average molecular weight is 169 g/mol. The van der Waals surface area contributed by atoms with Crippen molar-refractivity contribution in [1.82, 2.24) is 4.72 Å². The third-order valence-electron chi connectivity index (χ3n) is 1.48. The first-order valence-electron chi connectivity index (χ1n) is 3.40. The van der Waals surface area contributed by atoms with E-state index in [0.29, 0.717) is 0 Å². The molecule has 0 spiro atoms. The smallest absolute Gasteiger partial charge is 0.124 e. The first-order valence-corrected chi connectivity index (χ1v) is 4.55. The topological polar surface area (TPSA) is 29.1 Å². The van der Waals surface area contributed by atoms with Crippen LogP contribution in [0.1, 0.15) is 5.56 Å². The van der Waals surface area contributed by atoms with E-state index in [4.69, 9.17) is 0 Å². The van der Waals surface area contributed by atoms with Crippen molar-refractivity contribution in [3.8, 4) is 0 Å². The lowest BCUT2D eigenvalue weighted by atomic mass is 10.2. The molecule has 0 bridgehead atoms. The van der Waals surface area contributed by atoms with Gasteiger partial charge in [0.2, 0.25) is 0 Å². The van der Waals surface area contributed by atoms with E-state index in [1.165, 1.54) is 0 Å². The van der Waals surface area contributed by atoms with Gasteiger partial charge >= 0.3 is 0 Å². The molecule has 0 saturated carbocycles. The molecule has 3 heteroatoms. The molecule has 0 saturated heterocycles. The zero-order valence-corrected chi connectivity index (χ0v) is 7.44. The minimum atomic E-state index is -1.05. The highest BCUT2D eigenvalue weighted by Crippen LogP contribution is 2.09. The van der Waals surface area contributed by atoms with Crippen LogP contribution in [-0.2, 0) is 11.0 Å². The molecule has 0 fully saturated rings. The lowest BCUT2D eigenvalue weighted by Gasteiger charge is -2.02. The van der Waals surface area contributed by atoms with Crippen molar-refractivity contribution in [2.75, 3.05) is 7.05 Å². The van der Waals surface area contributed by atoms with Gasteiger partial charge in [-0.25, -0.2) is 8.93 Å². The molecule has 0 aromatic heterocycles. The highest BCUT2D eigenvalue weighted by atomic mass is 32.2. The molecule has 0 heterocycles. The quantitative estimate of drug-likeness (QED) is 0.709. The van der Waals surface area contributed by atoms with Crippen LogP contribution < -0.4 is 4.72 Å². The van der Waals surface area contributed by atoms with E-state index in [2.05, 4.69) is 4.72 Å². The van der Waals surface area contributed by atoms with Crippen molar-refractivity contribution in [2.24, 2.45) is 0 Å². The van der Waals surface area contributed by atoms with Gasteiger partial charge in [-0.05, 0) is 25.6 Å². The molecule has 1 aromatic carbocycles. The van der Waals surface area contributed by atoms with Crippen LogP contribution in [0.4, 0.5) is 0 Å². The maximum atomic E-state index is 11.2. The van der Waals surface area contributed by atoms with E-state index < -0.39 is 11.0 Å². The Hall–Kier alpha value is -0.670. The molecule has 1 N–H and O–H groups in total. The van der Waals surface area contributed by atoms with Gasteiger partial charge in [0.25, 0.3) is 0 Å². The fourth-order valence-corrected chi connectivity index (χ4v) is 1.66. The van der Waals surface area contributed by atoms with Crippen LogP contribution in [0.3, 0.4) is 0 Å². The number of hydrogen-bond donors (Lipinski definition) is 1. The lowest BCUT2D eigenvalue weighted by Crippen LogP contribution is -2.11. The van der Waals surface area contributed by atoms with Gasteiger partial charge in [-0.2, -0.15) is 0 Å². The molecule has 1 atom stereocenters. The van der Waals surface area contributed by atoms with Gasteiger partial charge in [0.1, 0.15) is 11.0 Å². The number of rotatable bonds is 2. The molecule has 11 heavy (non-hydrogen) atoms. The molecular weight excluding hydrogens is 158 g/mol. The summed E-state index contributed by atoms with van der Waals surface area (Å²) in [6.07, 6.45) is 0. The number of benzene rings is 1. The van der Waals surface area contributed by atoms with Gasteiger partial charge in [0.05, 0.1) is 4.90 Å². The molecule has 1 rings (SSSR count). The summed E-state index contributed by atoms with van der Waals surface area (Å²) in [6, 6.07) is 7.63. The highest BCUT2D eigenvalue weighted by molar-refractivity contribution is 7.83. The molecule has 60 valence electrons. The van der Waals surface area contributed by atoms with Crippen molar-refractivity contribution >= 4 is 11.0 Å². The summed E-state index contributed by atoms with van der Waals surface area (Å²) in [5.74, 6) is 0. The first-order chi connectivity index (χ1) is 5.25. The van der Waals surface area contributed by atoms with E-state index in [1.54, 1.807) is 7.05 Å². The zero-order chi connectivity index (χ0) is 8.27. The maximum Gasteiger partial charge on any atom is 0.124 e. The molecule has 0 aliphatic heterocycles. The minimum absolute atomic E-state index is 0.856. The second kappa shape index (κ2) is 3.64. The molecule has 0 aliphatic rings. The van der Waals surface area contributed by atoms with Crippen molar-refractivity contribution in [2.45, 2.75) is 11.8 Å². The van der Waals surface area contributed by atoms with Crippen LogP contribution in [0.5, 0.6) is 0 Å². The summed E-state index contributed by atoms with van der Waals surface area (Å²) in [7, 11) is 0.631. The minimum Gasteiger partial charge on any atom is -0.238 e. The summed E-state index contributed by atoms with van der Waals surface area (Å²) in [6.45, 7) is 1.95. The Morgan fingerprint density at radius 1 is 1.36 bits per heavy atom. The molecule has 1 aromatic rings. The Morgan fingerprint density at radius 3 is 2.55 bits per heavy atom. The Balaban J connectivity index is 3.03.